The third kappa shape index (κ3) is 2.89. The first-order valence-corrected chi connectivity index (χ1v) is 6.64. The molecule has 0 amide bonds. The van der Waals surface area contributed by atoms with Crippen LogP contribution >= 0.6 is 12.6 Å². The molecule has 0 heterocycles. The zero-order valence-corrected chi connectivity index (χ0v) is 9.55. The zero-order valence-electron chi connectivity index (χ0n) is 7.84. The standard InChI is InChI=1S/C10H12O2S2/c1-14(11,12)10-7-3-2-5-9(10)6-4-8-13/h2-7,13H,8H2,1H3. The van der Waals surface area contributed by atoms with Gasteiger partial charge in [-0.1, -0.05) is 30.4 Å². The minimum absolute atomic E-state index is 0.359. The smallest absolute Gasteiger partial charge is 0.176 e. The molecule has 4 heteroatoms. The van der Waals surface area contributed by atoms with Gasteiger partial charge in [0.1, 0.15) is 0 Å². The van der Waals surface area contributed by atoms with Crippen molar-refractivity contribution in [3.8, 4) is 0 Å². The van der Waals surface area contributed by atoms with Gasteiger partial charge in [0.25, 0.3) is 0 Å². The Morgan fingerprint density at radius 3 is 2.57 bits per heavy atom. The molecule has 0 N–H and O–H groups in total. The fraction of sp³-hybridized carbons (Fsp3) is 0.200. The van der Waals surface area contributed by atoms with Crippen LogP contribution in [0.3, 0.4) is 0 Å². The highest BCUT2D eigenvalue weighted by atomic mass is 32.2. The average Bonchev–Trinajstić information content (AvgIpc) is 2.14. The van der Waals surface area contributed by atoms with Crippen molar-refractivity contribution in [2.45, 2.75) is 4.90 Å². The first-order chi connectivity index (χ1) is 6.55. The van der Waals surface area contributed by atoms with Crippen LogP contribution < -0.4 is 0 Å². The lowest BCUT2D eigenvalue weighted by atomic mass is 10.2. The maximum atomic E-state index is 11.4. The molecule has 0 atom stereocenters. The van der Waals surface area contributed by atoms with Gasteiger partial charge >= 0.3 is 0 Å². The Hall–Kier alpha value is -0.740. The molecule has 0 saturated carbocycles. The first-order valence-electron chi connectivity index (χ1n) is 4.12. The quantitative estimate of drug-likeness (QED) is 0.803. The lowest BCUT2D eigenvalue weighted by Crippen LogP contribution is -1.99. The second-order valence-electron chi connectivity index (χ2n) is 2.89. The summed E-state index contributed by atoms with van der Waals surface area (Å²) in [4.78, 5) is 0.359. The van der Waals surface area contributed by atoms with E-state index < -0.39 is 9.84 Å². The number of thiol groups is 1. The minimum Gasteiger partial charge on any atom is -0.224 e. The summed E-state index contributed by atoms with van der Waals surface area (Å²) in [5.74, 6) is 0.595. The van der Waals surface area contributed by atoms with Gasteiger partial charge in [-0.3, -0.25) is 0 Å². The Bertz CT molecular complexity index is 433. The SMILES string of the molecule is CS(=O)(=O)c1ccccc1C=CCS. The Kier molecular flexibility index (Phi) is 3.77. The summed E-state index contributed by atoms with van der Waals surface area (Å²) in [6.45, 7) is 0. The zero-order chi connectivity index (χ0) is 10.6. The summed E-state index contributed by atoms with van der Waals surface area (Å²) < 4.78 is 22.7. The van der Waals surface area contributed by atoms with E-state index in [4.69, 9.17) is 0 Å². The van der Waals surface area contributed by atoms with Crippen molar-refractivity contribution in [2.75, 3.05) is 12.0 Å². The van der Waals surface area contributed by atoms with Gasteiger partial charge in [0.15, 0.2) is 9.84 Å². The molecule has 0 aliphatic carbocycles. The second kappa shape index (κ2) is 4.66. The van der Waals surface area contributed by atoms with Gasteiger partial charge in [0.05, 0.1) is 4.90 Å². The van der Waals surface area contributed by atoms with Crippen LogP contribution in [0.25, 0.3) is 6.08 Å². The van der Waals surface area contributed by atoms with Crippen LogP contribution in [0, 0.1) is 0 Å². The molecule has 1 aromatic carbocycles. The first kappa shape index (κ1) is 11.3. The van der Waals surface area contributed by atoms with E-state index in [2.05, 4.69) is 12.6 Å². The van der Waals surface area contributed by atoms with Crippen molar-refractivity contribution in [1.29, 1.82) is 0 Å². The van der Waals surface area contributed by atoms with E-state index in [0.717, 1.165) is 0 Å². The van der Waals surface area contributed by atoms with Crippen LogP contribution in [0.2, 0.25) is 0 Å². The lowest BCUT2D eigenvalue weighted by Gasteiger charge is -2.02. The third-order valence-electron chi connectivity index (χ3n) is 1.72. The predicted octanol–water partition coefficient (Wildman–Crippen LogP) is 2.03. The van der Waals surface area contributed by atoms with E-state index in [1.165, 1.54) is 6.26 Å². The normalized spacial score (nSPS) is 12.1. The molecule has 1 aromatic rings. The summed E-state index contributed by atoms with van der Waals surface area (Å²) >= 11 is 4.02. The Morgan fingerprint density at radius 2 is 2.00 bits per heavy atom. The lowest BCUT2D eigenvalue weighted by molar-refractivity contribution is 0.601. The highest BCUT2D eigenvalue weighted by Crippen LogP contribution is 2.16. The van der Waals surface area contributed by atoms with Crippen molar-refractivity contribution in [3.63, 3.8) is 0 Å². The van der Waals surface area contributed by atoms with E-state index in [0.29, 0.717) is 16.2 Å². The van der Waals surface area contributed by atoms with E-state index in [1.54, 1.807) is 24.3 Å². The molecular formula is C10H12O2S2. The van der Waals surface area contributed by atoms with Crippen LogP contribution in [0.5, 0.6) is 0 Å². The maximum Gasteiger partial charge on any atom is 0.176 e. The molecule has 0 aliphatic rings. The van der Waals surface area contributed by atoms with Crippen LogP contribution in [0.1, 0.15) is 5.56 Å². The molecule has 0 unspecified atom stereocenters. The predicted molar refractivity (Wildman–Crippen MR) is 62.4 cm³/mol. The van der Waals surface area contributed by atoms with Crippen molar-refractivity contribution >= 4 is 28.5 Å². The molecule has 14 heavy (non-hydrogen) atoms. The highest BCUT2D eigenvalue weighted by molar-refractivity contribution is 7.90. The fourth-order valence-electron chi connectivity index (χ4n) is 1.14. The van der Waals surface area contributed by atoms with Crippen molar-refractivity contribution < 1.29 is 8.42 Å². The number of benzene rings is 1. The van der Waals surface area contributed by atoms with Crippen molar-refractivity contribution in [2.24, 2.45) is 0 Å². The number of rotatable bonds is 3. The second-order valence-corrected chi connectivity index (χ2v) is 5.24. The molecule has 0 aliphatic heterocycles. The van der Waals surface area contributed by atoms with E-state index in [9.17, 15) is 8.42 Å². The molecule has 0 fully saturated rings. The Balaban J connectivity index is 3.24. The molecule has 0 spiro atoms. The monoisotopic (exact) mass is 228 g/mol. The van der Waals surface area contributed by atoms with E-state index >= 15 is 0 Å². The van der Waals surface area contributed by atoms with Crippen LogP contribution in [0.4, 0.5) is 0 Å². The van der Waals surface area contributed by atoms with Crippen LogP contribution in [0.15, 0.2) is 35.2 Å². The summed E-state index contributed by atoms with van der Waals surface area (Å²) in [5, 5.41) is 0. The molecular weight excluding hydrogens is 216 g/mol. The van der Waals surface area contributed by atoms with Gasteiger partial charge in [0.2, 0.25) is 0 Å². The van der Waals surface area contributed by atoms with Gasteiger partial charge in [-0.05, 0) is 11.6 Å². The minimum atomic E-state index is -3.14. The van der Waals surface area contributed by atoms with Gasteiger partial charge in [-0.15, -0.1) is 0 Å². The number of hydrogen-bond donors (Lipinski definition) is 1. The molecule has 2 nitrogen and oxygen atoms in total. The average molecular weight is 228 g/mol. The largest absolute Gasteiger partial charge is 0.224 e. The van der Waals surface area contributed by atoms with Crippen LogP contribution in [-0.4, -0.2) is 20.4 Å². The summed E-state index contributed by atoms with van der Waals surface area (Å²) in [6, 6.07) is 6.91. The molecule has 0 saturated heterocycles. The van der Waals surface area contributed by atoms with Gasteiger partial charge in [0, 0.05) is 12.0 Å². The summed E-state index contributed by atoms with van der Waals surface area (Å²) in [6.07, 6.45) is 4.79. The van der Waals surface area contributed by atoms with Crippen molar-refractivity contribution in [3.05, 3.63) is 35.9 Å². The Labute approximate surface area is 90.0 Å². The van der Waals surface area contributed by atoms with Gasteiger partial charge in [-0.2, -0.15) is 12.6 Å². The molecule has 0 radical (unpaired) electrons. The van der Waals surface area contributed by atoms with Gasteiger partial charge < -0.3 is 0 Å². The maximum absolute atomic E-state index is 11.4. The van der Waals surface area contributed by atoms with Crippen molar-refractivity contribution in [1.82, 2.24) is 0 Å². The number of hydrogen-bond acceptors (Lipinski definition) is 3. The topological polar surface area (TPSA) is 34.1 Å². The summed E-state index contributed by atoms with van der Waals surface area (Å²) in [7, 11) is -3.14. The molecule has 76 valence electrons. The number of sulfone groups is 1. The highest BCUT2D eigenvalue weighted by Gasteiger charge is 2.09. The van der Waals surface area contributed by atoms with Gasteiger partial charge in [-0.25, -0.2) is 8.42 Å². The molecule has 0 aromatic heterocycles. The Morgan fingerprint density at radius 1 is 1.36 bits per heavy atom. The summed E-state index contributed by atoms with van der Waals surface area (Å²) in [5.41, 5.74) is 0.712. The molecule has 1 rings (SSSR count). The molecule has 0 bridgehead atoms. The van der Waals surface area contributed by atoms with E-state index in [-0.39, 0.29) is 0 Å². The third-order valence-corrected chi connectivity index (χ3v) is 3.10. The fourth-order valence-corrected chi connectivity index (χ4v) is 2.13. The van der Waals surface area contributed by atoms with Crippen LogP contribution in [-0.2, 0) is 9.84 Å². The van der Waals surface area contributed by atoms with E-state index in [1.807, 2.05) is 12.1 Å².